The molecule has 7 nitrogen and oxygen atoms in total. The molecule has 9 heteroatoms. The standard InChI is InChI=1S/C16H19ClN2O5S/c17-25(22,23)13-1-2-14-12(11-13)5-6-19(14)16(21)4-3-15(20)18-7-9-24-10-8-18/h1-2,11H,3-10H2. The molecule has 1 aromatic rings. The molecule has 1 fully saturated rings. The summed E-state index contributed by atoms with van der Waals surface area (Å²) in [5.74, 6) is -0.179. The largest absolute Gasteiger partial charge is 0.378 e. The summed E-state index contributed by atoms with van der Waals surface area (Å²) in [5, 5.41) is 0. The van der Waals surface area contributed by atoms with Gasteiger partial charge in [-0.05, 0) is 30.2 Å². The molecule has 3 rings (SSSR count). The van der Waals surface area contributed by atoms with Crippen LogP contribution in [0.15, 0.2) is 23.1 Å². The molecular formula is C16H19ClN2O5S. The number of benzene rings is 1. The minimum Gasteiger partial charge on any atom is -0.378 e. The van der Waals surface area contributed by atoms with Gasteiger partial charge in [0.05, 0.1) is 18.1 Å². The third-order valence-corrected chi connectivity index (χ3v) is 5.80. The van der Waals surface area contributed by atoms with Gasteiger partial charge in [0.15, 0.2) is 0 Å². The van der Waals surface area contributed by atoms with Crippen molar-refractivity contribution in [1.82, 2.24) is 4.90 Å². The SMILES string of the molecule is O=C(CCC(=O)N1CCc2cc(S(=O)(=O)Cl)ccc21)N1CCOCC1. The molecule has 0 bridgehead atoms. The van der Waals surface area contributed by atoms with Gasteiger partial charge in [-0.2, -0.15) is 0 Å². The van der Waals surface area contributed by atoms with Gasteiger partial charge < -0.3 is 14.5 Å². The Morgan fingerprint density at radius 3 is 2.44 bits per heavy atom. The summed E-state index contributed by atoms with van der Waals surface area (Å²) in [6.07, 6.45) is 0.864. The van der Waals surface area contributed by atoms with Crippen molar-refractivity contribution in [1.29, 1.82) is 0 Å². The maximum Gasteiger partial charge on any atom is 0.261 e. The molecule has 2 aliphatic rings. The van der Waals surface area contributed by atoms with Crippen LogP contribution >= 0.6 is 10.7 Å². The summed E-state index contributed by atoms with van der Waals surface area (Å²) in [5.41, 5.74) is 1.46. The van der Waals surface area contributed by atoms with Crippen LogP contribution in [0.4, 0.5) is 5.69 Å². The van der Waals surface area contributed by atoms with Gasteiger partial charge in [0.25, 0.3) is 9.05 Å². The van der Waals surface area contributed by atoms with Gasteiger partial charge in [-0.25, -0.2) is 8.42 Å². The minimum atomic E-state index is -3.79. The molecule has 2 heterocycles. The van der Waals surface area contributed by atoms with Crippen LogP contribution in [-0.4, -0.2) is 58.0 Å². The normalized spacial score (nSPS) is 17.5. The molecule has 25 heavy (non-hydrogen) atoms. The van der Waals surface area contributed by atoms with Gasteiger partial charge in [0, 0.05) is 48.8 Å². The van der Waals surface area contributed by atoms with E-state index in [1.54, 1.807) is 15.9 Å². The van der Waals surface area contributed by atoms with Gasteiger partial charge in [-0.1, -0.05) is 0 Å². The van der Waals surface area contributed by atoms with E-state index in [2.05, 4.69) is 0 Å². The number of hydrogen-bond acceptors (Lipinski definition) is 5. The van der Waals surface area contributed by atoms with Crippen molar-refractivity contribution >= 4 is 37.2 Å². The van der Waals surface area contributed by atoms with E-state index in [0.717, 1.165) is 5.56 Å². The summed E-state index contributed by atoms with van der Waals surface area (Å²) in [6, 6.07) is 4.49. The second-order valence-corrected chi connectivity index (χ2v) is 8.58. The van der Waals surface area contributed by atoms with Crippen molar-refractivity contribution in [2.24, 2.45) is 0 Å². The molecule has 0 spiro atoms. The minimum absolute atomic E-state index is 0.0321. The number of amides is 2. The number of rotatable bonds is 4. The van der Waals surface area contributed by atoms with E-state index in [9.17, 15) is 18.0 Å². The van der Waals surface area contributed by atoms with Crippen LogP contribution in [0.5, 0.6) is 0 Å². The van der Waals surface area contributed by atoms with Crippen LogP contribution in [0.3, 0.4) is 0 Å². The summed E-state index contributed by atoms with van der Waals surface area (Å²) < 4.78 is 28.0. The van der Waals surface area contributed by atoms with Gasteiger partial charge in [0.2, 0.25) is 11.8 Å². The zero-order chi connectivity index (χ0) is 18.0. The Hall–Kier alpha value is -1.64. The predicted octanol–water partition coefficient (Wildman–Crippen LogP) is 1.14. The number of carbonyl (C=O) groups excluding carboxylic acids is 2. The van der Waals surface area contributed by atoms with E-state index in [1.165, 1.54) is 12.1 Å². The number of hydrogen-bond donors (Lipinski definition) is 0. The smallest absolute Gasteiger partial charge is 0.261 e. The molecule has 0 N–H and O–H groups in total. The first-order valence-electron chi connectivity index (χ1n) is 8.10. The first-order chi connectivity index (χ1) is 11.9. The summed E-state index contributed by atoms with van der Waals surface area (Å²) in [6.45, 7) is 2.67. The molecule has 2 amide bonds. The lowest BCUT2D eigenvalue weighted by Crippen LogP contribution is -2.41. The van der Waals surface area contributed by atoms with E-state index in [4.69, 9.17) is 15.4 Å². The molecule has 0 unspecified atom stereocenters. The lowest BCUT2D eigenvalue weighted by atomic mass is 10.2. The van der Waals surface area contributed by atoms with E-state index >= 15 is 0 Å². The zero-order valence-corrected chi connectivity index (χ0v) is 15.2. The van der Waals surface area contributed by atoms with Crippen molar-refractivity contribution in [2.75, 3.05) is 37.7 Å². The molecule has 0 saturated carbocycles. The van der Waals surface area contributed by atoms with Crippen LogP contribution in [-0.2, 0) is 29.8 Å². The molecule has 0 aromatic heterocycles. The molecule has 0 atom stereocenters. The van der Waals surface area contributed by atoms with E-state index in [0.29, 0.717) is 45.0 Å². The molecule has 0 aliphatic carbocycles. The fourth-order valence-corrected chi connectivity index (χ4v) is 3.91. The number of anilines is 1. The fraction of sp³-hybridized carbons (Fsp3) is 0.500. The Bertz CT molecular complexity index is 790. The van der Waals surface area contributed by atoms with Crippen molar-refractivity contribution in [3.63, 3.8) is 0 Å². The first kappa shape index (κ1) is 18.2. The Morgan fingerprint density at radius 2 is 1.76 bits per heavy atom. The topological polar surface area (TPSA) is 84.0 Å². The van der Waals surface area contributed by atoms with Crippen molar-refractivity contribution in [2.45, 2.75) is 24.2 Å². The zero-order valence-electron chi connectivity index (χ0n) is 13.6. The van der Waals surface area contributed by atoms with E-state index in [-0.39, 0.29) is 29.6 Å². The summed E-state index contributed by atoms with van der Waals surface area (Å²) in [4.78, 5) is 28.0. The van der Waals surface area contributed by atoms with Gasteiger partial charge in [-0.3, -0.25) is 9.59 Å². The molecule has 2 aliphatic heterocycles. The number of carbonyl (C=O) groups is 2. The molecule has 1 aromatic carbocycles. The van der Waals surface area contributed by atoms with Crippen molar-refractivity contribution < 1.29 is 22.7 Å². The molecule has 0 radical (unpaired) electrons. The fourth-order valence-electron chi connectivity index (χ4n) is 3.11. The van der Waals surface area contributed by atoms with Gasteiger partial charge in [0.1, 0.15) is 0 Å². The van der Waals surface area contributed by atoms with Crippen LogP contribution in [0.1, 0.15) is 18.4 Å². The Morgan fingerprint density at radius 1 is 1.08 bits per heavy atom. The number of fused-ring (bicyclic) bond motifs is 1. The summed E-state index contributed by atoms with van der Waals surface area (Å²) >= 11 is 0. The van der Waals surface area contributed by atoms with Crippen molar-refractivity contribution in [3.05, 3.63) is 23.8 Å². The maximum absolute atomic E-state index is 12.5. The average molecular weight is 387 g/mol. The number of morpholine rings is 1. The van der Waals surface area contributed by atoms with Gasteiger partial charge >= 0.3 is 0 Å². The highest BCUT2D eigenvalue weighted by atomic mass is 35.7. The van der Waals surface area contributed by atoms with Crippen LogP contribution < -0.4 is 4.90 Å². The highest BCUT2D eigenvalue weighted by Crippen LogP contribution is 2.31. The third-order valence-electron chi connectivity index (χ3n) is 4.45. The quantitative estimate of drug-likeness (QED) is 0.724. The van der Waals surface area contributed by atoms with E-state index < -0.39 is 9.05 Å². The lowest BCUT2D eigenvalue weighted by Gasteiger charge is -2.27. The van der Waals surface area contributed by atoms with Crippen molar-refractivity contribution in [3.8, 4) is 0 Å². The Kier molecular flexibility index (Phi) is 5.31. The predicted molar refractivity (Wildman–Crippen MR) is 92.2 cm³/mol. The first-order valence-corrected chi connectivity index (χ1v) is 10.4. The molecule has 136 valence electrons. The number of nitrogens with zero attached hydrogens (tertiary/aromatic N) is 2. The third kappa shape index (κ3) is 4.13. The van der Waals surface area contributed by atoms with Gasteiger partial charge in [-0.15, -0.1) is 0 Å². The van der Waals surface area contributed by atoms with E-state index in [1.807, 2.05) is 0 Å². The molecule has 1 saturated heterocycles. The summed E-state index contributed by atoms with van der Waals surface area (Å²) in [7, 11) is 1.57. The highest BCUT2D eigenvalue weighted by molar-refractivity contribution is 8.13. The highest BCUT2D eigenvalue weighted by Gasteiger charge is 2.27. The van der Waals surface area contributed by atoms with Crippen LogP contribution in [0, 0.1) is 0 Å². The molecular weight excluding hydrogens is 368 g/mol. The van der Waals surface area contributed by atoms with Crippen LogP contribution in [0.2, 0.25) is 0 Å². The second-order valence-electron chi connectivity index (χ2n) is 6.02. The second kappa shape index (κ2) is 7.31. The monoisotopic (exact) mass is 386 g/mol. The van der Waals surface area contributed by atoms with Crippen LogP contribution in [0.25, 0.3) is 0 Å². The lowest BCUT2D eigenvalue weighted by molar-refractivity contribution is -0.136. The Balaban J connectivity index is 1.62. The number of halogens is 1. The number of ether oxygens (including phenoxy) is 1. The maximum atomic E-state index is 12.5. The average Bonchev–Trinajstić information content (AvgIpc) is 3.02. The Labute approximate surface area is 150 Å².